The predicted molar refractivity (Wildman–Crippen MR) is 381 cm³/mol. The van der Waals surface area contributed by atoms with Gasteiger partial charge in [0.2, 0.25) is 0 Å². The van der Waals surface area contributed by atoms with E-state index in [-0.39, 0.29) is 35.1 Å². The molecule has 8 heterocycles. The fraction of sp³-hybridized carbons (Fsp3) is 0.195. The third-order valence-corrected chi connectivity index (χ3v) is 21.0. The first kappa shape index (κ1) is 52.3. The van der Waals surface area contributed by atoms with Gasteiger partial charge in [-0.1, -0.05) is 192 Å². The van der Waals surface area contributed by atoms with Gasteiger partial charge >= 0.3 is 0 Å². The van der Waals surface area contributed by atoms with Gasteiger partial charge in [0.25, 0.3) is 13.4 Å². The average molecular weight is 1160 g/mol. The Morgan fingerprint density at radius 1 is 0.289 bits per heavy atom. The Kier molecular flexibility index (Phi) is 9.99. The molecule has 0 N–H and O–H groups in total. The predicted octanol–water partition coefficient (Wildman–Crippen LogP) is 17.1. The van der Waals surface area contributed by atoms with Gasteiger partial charge in [-0.3, -0.25) is 0 Å². The maximum Gasteiger partial charge on any atom is 0.256 e. The van der Waals surface area contributed by atoms with Crippen LogP contribution in [0, 0.1) is 0 Å². The van der Waals surface area contributed by atoms with Crippen LogP contribution in [0.5, 0.6) is 23.0 Å². The maximum absolute atomic E-state index is 8.08. The topological polar surface area (TPSA) is 38.2 Å². The third-order valence-electron chi connectivity index (χ3n) is 21.0. The zero-order valence-electron chi connectivity index (χ0n) is 53.2. The molecule has 11 aromatic carbocycles. The van der Waals surface area contributed by atoms with Gasteiger partial charge in [-0.25, -0.2) is 0 Å². The van der Waals surface area contributed by atoms with Gasteiger partial charge in [0.05, 0.1) is 55.5 Å². The largest absolute Gasteiger partial charge is 0.456 e. The maximum atomic E-state index is 8.08. The number of benzene rings is 11. The van der Waals surface area contributed by atoms with E-state index in [4.69, 9.17) is 9.47 Å². The van der Waals surface area contributed by atoms with Crippen molar-refractivity contribution in [1.29, 1.82) is 0 Å². The van der Waals surface area contributed by atoms with Crippen molar-refractivity contribution in [2.45, 2.75) is 105 Å². The smallest absolute Gasteiger partial charge is 0.256 e. The van der Waals surface area contributed by atoms with E-state index in [2.05, 4.69) is 295 Å². The van der Waals surface area contributed by atoms with Gasteiger partial charge in [0, 0.05) is 65.4 Å². The summed E-state index contributed by atoms with van der Waals surface area (Å²) in [6, 6.07) is 74.1. The average Bonchev–Trinajstić information content (AvgIpc) is 1.35. The van der Waals surface area contributed by atoms with Crippen LogP contribution >= 0.6 is 0 Å². The molecule has 0 amide bonds. The van der Waals surface area contributed by atoms with Gasteiger partial charge in [-0.05, 0) is 151 Å². The first-order valence-electron chi connectivity index (χ1n) is 32.3. The number of para-hydroxylation sites is 4. The molecular formula is C82H68B2N4O2. The third kappa shape index (κ3) is 6.71. The van der Waals surface area contributed by atoms with Crippen LogP contribution < -0.4 is 42.3 Å². The lowest BCUT2D eigenvalue weighted by Gasteiger charge is -2.41. The van der Waals surface area contributed by atoms with Crippen molar-refractivity contribution in [3.05, 3.63) is 216 Å². The molecule has 4 aliphatic rings. The molecule has 0 atom stereocenters. The van der Waals surface area contributed by atoms with Crippen molar-refractivity contribution in [3.63, 3.8) is 0 Å². The van der Waals surface area contributed by atoms with Crippen molar-refractivity contribution in [3.8, 4) is 45.7 Å². The summed E-state index contributed by atoms with van der Waals surface area (Å²) in [5.74, 6) is 3.55. The van der Waals surface area contributed by atoms with E-state index in [0.717, 1.165) is 67.7 Å². The summed E-state index contributed by atoms with van der Waals surface area (Å²) >= 11 is 0. The van der Waals surface area contributed by atoms with E-state index in [1.807, 2.05) is 0 Å². The molecular weight excluding hydrogens is 1090 g/mol. The number of ether oxygens (including phenoxy) is 2. The van der Waals surface area contributed by atoms with E-state index < -0.39 is 0 Å². The van der Waals surface area contributed by atoms with Gasteiger partial charge in [-0.2, -0.15) is 0 Å². The fourth-order valence-electron chi connectivity index (χ4n) is 16.7. The van der Waals surface area contributed by atoms with Crippen LogP contribution in [0.15, 0.2) is 194 Å². The minimum absolute atomic E-state index is 0.120. The second-order valence-electron chi connectivity index (χ2n) is 30.4. The minimum Gasteiger partial charge on any atom is -0.456 e. The van der Waals surface area contributed by atoms with Crippen LogP contribution in [0.4, 0.5) is 0 Å². The lowest BCUT2D eigenvalue weighted by Crippen LogP contribution is -2.63. The van der Waals surface area contributed by atoms with Gasteiger partial charge in [-0.15, -0.1) is 0 Å². The highest BCUT2D eigenvalue weighted by Gasteiger charge is 2.52. The Hall–Kier alpha value is -9.65. The highest BCUT2D eigenvalue weighted by atomic mass is 16.5. The molecule has 19 rings (SSSR count). The van der Waals surface area contributed by atoms with Crippen molar-refractivity contribution in [2.75, 3.05) is 0 Å². The second-order valence-corrected chi connectivity index (χ2v) is 30.4. The fourth-order valence-corrected chi connectivity index (χ4v) is 16.7. The monoisotopic (exact) mass is 1160 g/mol. The number of fused-ring (bicyclic) bond motifs is 24. The molecule has 6 nitrogen and oxygen atoms in total. The van der Waals surface area contributed by atoms with Crippen LogP contribution in [-0.2, 0) is 21.7 Å². The van der Waals surface area contributed by atoms with E-state index in [1.54, 1.807) is 0 Å². The standard InChI is InChI=1S/C82H68B2N4O2/c1-79(2,3)45-31-35-61-53(39-45)69-67-51-27-19-21-29-59(51)85(49-23-15-13-16-24-49)63(67)43-57-73(69)87(61)75-71-78(90-65-37-33-47(81(7,8)9)41-55(65)83(57)71)76-72-77(75)89-66-38-34-48(82(10,11)12)42-56(66)84(72)58-44-64-68(52-28-20-22-30-60(52)86(64)50-25-17-14-18-26-50)70-54-40-46(80(4,5)6)32-36-62(54)88(76)74(58)70/h13-44H,1-12H3. The van der Waals surface area contributed by atoms with Crippen molar-refractivity contribution in [1.82, 2.24) is 18.3 Å². The van der Waals surface area contributed by atoms with Crippen LogP contribution in [0.3, 0.4) is 0 Å². The first-order valence-corrected chi connectivity index (χ1v) is 32.3. The first-order chi connectivity index (χ1) is 43.2. The molecule has 0 fully saturated rings. The lowest BCUT2D eigenvalue weighted by molar-refractivity contribution is 0.471. The molecule has 0 radical (unpaired) electrons. The van der Waals surface area contributed by atoms with E-state index in [1.165, 1.54) is 120 Å². The summed E-state index contributed by atoms with van der Waals surface area (Å²) in [5, 5.41) is 9.99. The molecule has 0 bridgehead atoms. The molecule has 434 valence electrons. The number of nitrogens with zero attached hydrogens (tertiary/aromatic N) is 4. The summed E-state index contributed by atoms with van der Waals surface area (Å²) < 4.78 is 26.5. The zero-order chi connectivity index (χ0) is 61.1. The van der Waals surface area contributed by atoms with Crippen LogP contribution in [0.1, 0.15) is 105 Å². The van der Waals surface area contributed by atoms with Crippen LogP contribution in [0.2, 0.25) is 0 Å². The number of rotatable bonds is 2. The summed E-state index contributed by atoms with van der Waals surface area (Å²) in [6.07, 6.45) is 0. The quantitative estimate of drug-likeness (QED) is 0.162. The van der Waals surface area contributed by atoms with Crippen molar-refractivity contribution < 1.29 is 9.47 Å². The van der Waals surface area contributed by atoms with Gasteiger partial charge < -0.3 is 27.7 Å². The van der Waals surface area contributed by atoms with Crippen LogP contribution in [0.25, 0.3) is 110 Å². The van der Waals surface area contributed by atoms with E-state index in [0.29, 0.717) is 0 Å². The molecule has 0 saturated carbocycles. The van der Waals surface area contributed by atoms with E-state index in [9.17, 15) is 0 Å². The van der Waals surface area contributed by atoms with Crippen molar-refractivity contribution in [2.24, 2.45) is 0 Å². The molecule has 8 heteroatoms. The summed E-state index contributed by atoms with van der Waals surface area (Å²) in [6.45, 7) is 27.6. The Morgan fingerprint density at radius 2 is 0.633 bits per heavy atom. The Balaban J connectivity index is 1.07. The van der Waals surface area contributed by atoms with Gasteiger partial charge in [0.1, 0.15) is 23.0 Å². The summed E-state index contributed by atoms with van der Waals surface area (Å²) in [4.78, 5) is 0. The normalized spacial score (nSPS) is 14.1. The van der Waals surface area contributed by atoms with Crippen molar-refractivity contribution >= 4 is 133 Å². The summed E-state index contributed by atoms with van der Waals surface area (Å²) in [5.41, 5.74) is 25.6. The summed E-state index contributed by atoms with van der Waals surface area (Å²) in [7, 11) is 0. The Bertz CT molecular complexity index is 5410. The zero-order valence-corrected chi connectivity index (χ0v) is 53.2. The number of hydrogen-bond acceptors (Lipinski definition) is 2. The lowest BCUT2D eigenvalue weighted by atomic mass is 9.31. The molecule has 15 aromatic rings. The SMILES string of the molecule is CC(C)(C)c1ccc2c(c1)B1c3c(c4c5c(c3-n3c6ccc(C(C)(C)C)cc6c6c7c8ccccc8n(-c8ccccc8)c7cc1c63)Oc1ccc(C(C)(C)C)cc1B5c1cc3c(c5ccccc5n3-c3ccccc3)c3c5cc(C(C)(C)C)ccc5n-4c13)O2. The number of hydrogen-bond donors (Lipinski definition) is 0. The second kappa shape index (κ2) is 17.2. The van der Waals surface area contributed by atoms with E-state index >= 15 is 0 Å². The number of aromatic nitrogens is 4. The molecule has 4 aromatic heterocycles. The molecule has 0 spiro atoms. The van der Waals surface area contributed by atoms with Crippen LogP contribution in [-0.4, -0.2) is 31.7 Å². The molecule has 0 saturated heterocycles. The van der Waals surface area contributed by atoms with Gasteiger partial charge in [0.15, 0.2) is 0 Å². The molecule has 0 aliphatic carbocycles. The minimum atomic E-state index is -0.264. The molecule has 0 unspecified atom stereocenters. The Morgan fingerprint density at radius 3 is 1.02 bits per heavy atom. The highest BCUT2D eigenvalue weighted by molar-refractivity contribution is 7.02. The highest BCUT2D eigenvalue weighted by Crippen LogP contribution is 2.53. The molecule has 4 aliphatic heterocycles. The Labute approximate surface area is 525 Å². The molecule has 90 heavy (non-hydrogen) atoms.